The summed E-state index contributed by atoms with van der Waals surface area (Å²) in [6, 6.07) is 15.2. The monoisotopic (exact) mass is 491 g/mol. The third-order valence-electron chi connectivity index (χ3n) is 6.80. The molecule has 0 spiro atoms. The number of hydrogen-bond donors (Lipinski definition) is 2. The second kappa shape index (κ2) is 15.4. The van der Waals surface area contributed by atoms with E-state index in [-0.39, 0.29) is 0 Å². The minimum atomic E-state index is 0.300. The first-order chi connectivity index (χ1) is 17.6. The highest BCUT2D eigenvalue weighted by molar-refractivity contribution is 5.99. The topological polar surface area (TPSA) is 69.4 Å². The summed E-state index contributed by atoms with van der Waals surface area (Å²) in [7, 11) is 1.71. The number of unbranched alkanes of at least 4 members (excludes halogenated alkanes) is 6. The van der Waals surface area contributed by atoms with Gasteiger partial charge in [0.2, 0.25) is 0 Å². The second-order valence-electron chi connectivity index (χ2n) is 9.84. The smallest absolute Gasteiger partial charge is 0.170 e. The van der Waals surface area contributed by atoms with Crippen LogP contribution in [0, 0.1) is 6.92 Å². The number of ether oxygens (including phenoxy) is 2. The fraction of sp³-hybridized carbons (Fsp3) is 0.516. The lowest BCUT2D eigenvalue weighted by Gasteiger charge is -2.20. The number of aryl methyl sites for hydroxylation is 2. The molecule has 0 aliphatic carbocycles. The SMILES string of the molecule is COc1cc(NC(C)CCCN)c2nccc(C)c2c1OCCCCCCCCCc1ccccc1. The summed E-state index contributed by atoms with van der Waals surface area (Å²) in [6.45, 7) is 5.68. The molecule has 0 aliphatic rings. The van der Waals surface area contributed by atoms with Gasteiger partial charge in [0, 0.05) is 18.3 Å². The van der Waals surface area contributed by atoms with E-state index in [9.17, 15) is 0 Å². The van der Waals surface area contributed by atoms with Gasteiger partial charge in [-0.15, -0.1) is 0 Å². The third-order valence-corrected chi connectivity index (χ3v) is 6.80. The number of nitrogens with one attached hydrogen (secondary N) is 1. The molecule has 1 aromatic heterocycles. The van der Waals surface area contributed by atoms with Crippen LogP contribution in [0.25, 0.3) is 10.9 Å². The molecule has 0 aliphatic heterocycles. The molecule has 0 bridgehead atoms. The van der Waals surface area contributed by atoms with Gasteiger partial charge in [-0.25, -0.2) is 0 Å². The Balaban J connectivity index is 1.48. The van der Waals surface area contributed by atoms with Gasteiger partial charge in [0.25, 0.3) is 0 Å². The highest BCUT2D eigenvalue weighted by Gasteiger charge is 2.18. The van der Waals surface area contributed by atoms with Gasteiger partial charge in [0.05, 0.1) is 30.3 Å². The maximum Gasteiger partial charge on any atom is 0.170 e. The molecule has 1 atom stereocenters. The lowest BCUT2D eigenvalue weighted by Crippen LogP contribution is -2.17. The van der Waals surface area contributed by atoms with Crippen LogP contribution in [0.2, 0.25) is 0 Å². The molecule has 0 saturated heterocycles. The summed E-state index contributed by atoms with van der Waals surface area (Å²) in [5, 5.41) is 4.64. The van der Waals surface area contributed by atoms with Gasteiger partial charge in [0.15, 0.2) is 11.5 Å². The van der Waals surface area contributed by atoms with Crippen molar-refractivity contribution in [3.63, 3.8) is 0 Å². The Morgan fingerprint density at radius 1 is 0.944 bits per heavy atom. The Labute approximate surface area is 217 Å². The fourth-order valence-electron chi connectivity index (χ4n) is 4.74. The van der Waals surface area contributed by atoms with Crippen molar-refractivity contribution in [1.29, 1.82) is 0 Å². The van der Waals surface area contributed by atoms with Gasteiger partial charge >= 0.3 is 0 Å². The molecule has 0 saturated carbocycles. The number of fused-ring (bicyclic) bond motifs is 1. The molecule has 5 nitrogen and oxygen atoms in total. The fourth-order valence-corrected chi connectivity index (χ4v) is 4.74. The minimum absolute atomic E-state index is 0.300. The van der Waals surface area contributed by atoms with E-state index < -0.39 is 0 Å². The standard InChI is InChI=1S/C31H45N3O2/c1-24-19-21-33-30-27(34-25(2)15-14-20-32)23-28(35-3)31(29(24)30)36-22-13-8-6-4-5-7-10-16-26-17-11-9-12-18-26/h9,11-12,17-19,21,23,25,34H,4-8,10,13-16,20,22,32H2,1-3H3. The zero-order chi connectivity index (χ0) is 25.6. The lowest BCUT2D eigenvalue weighted by atomic mass is 10.0. The summed E-state index contributed by atoms with van der Waals surface area (Å²) in [6.07, 6.45) is 13.8. The molecule has 3 N–H and O–H groups in total. The quantitative estimate of drug-likeness (QED) is 0.192. The van der Waals surface area contributed by atoms with Crippen LogP contribution in [0.4, 0.5) is 5.69 Å². The van der Waals surface area contributed by atoms with Gasteiger partial charge in [-0.3, -0.25) is 4.98 Å². The van der Waals surface area contributed by atoms with E-state index in [4.69, 9.17) is 20.2 Å². The van der Waals surface area contributed by atoms with Crippen LogP contribution in [0.1, 0.15) is 75.8 Å². The van der Waals surface area contributed by atoms with Gasteiger partial charge < -0.3 is 20.5 Å². The summed E-state index contributed by atoms with van der Waals surface area (Å²) in [5.74, 6) is 1.56. The molecule has 2 aromatic carbocycles. The van der Waals surface area contributed by atoms with Crippen LogP contribution in [0.3, 0.4) is 0 Å². The number of nitrogens with two attached hydrogens (primary N) is 1. The summed E-state index contributed by atoms with van der Waals surface area (Å²) < 4.78 is 12.1. The van der Waals surface area contributed by atoms with E-state index in [1.54, 1.807) is 7.11 Å². The van der Waals surface area contributed by atoms with E-state index in [0.717, 1.165) is 52.9 Å². The predicted octanol–water partition coefficient (Wildman–Crippen LogP) is 7.44. The van der Waals surface area contributed by atoms with Crippen LogP contribution in [0.5, 0.6) is 11.5 Å². The van der Waals surface area contributed by atoms with Gasteiger partial charge in [0.1, 0.15) is 0 Å². The number of hydrogen-bond acceptors (Lipinski definition) is 5. The van der Waals surface area contributed by atoms with E-state index in [0.29, 0.717) is 19.2 Å². The summed E-state index contributed by atoms with van der Waals surface area (Å²) >= 11 is 0. The van der Waals surface area contributed by atoms with Crippen molar-refractivity contribution in [2.75, 3.05) is 25.6 Å². The third kappa shape index (κ3) is 8.41. The first kappa shape index (κ1) is 27.8. The van der Waals surface area contributed by atoms with Crippen LogP contribution >= 0.6 is 0 Å². The molecule has 1 unspecified atom stereocenters. The number of benzene rings is 2. The Morgan fingerprint density at radius 3 is 2.39 bits per heavy atom. The predicted molar refractivity (Wildman–Crippen MR) is 152 cm³/mol. The second-order valence-corrected chi connectivity index (χ2v) is 9.84. The molecule has 5 heteroatoms. The first-order valence-electron chi connectivity index (χ1n) is 13.7. The van der Waals surface area contributed by atoms with Crippen molar-refractivity contribution in [2.24, 2.45) is 5.73 Å². The largest absolute Gasteiger partial charge is 0.493 e. The maximum absolute atomic E-state index is 6.33. The van der Waals surface area contributed by atoms with Crippen molar-refractivity contribution in [3.05, 3.63) is 59.8 Å². The average Bonchev–Trinajstić information content (AvgIpc) is 2.90. The first-order valence-corrected chi connectivity index (χ1v) is 13.7. The lowest BCUT2D eigenvalue weighted by molar-refractivity contribution is 0.288. The molecular formula is C31H45N3O2. The Hall–Kier alpha value is -2.79. The van der Waals surface area contributed by atoms with Gasteiger partial charge in [-0.05, 0) is 69.7 Å². The molecule has 3 aromatic rings. The van der Waals surface area contributed by atoms with Crippen molar-refractivity contribution in [1.82, 2.24) is 4.98 Å². The summed E-state index contributed by atoms with van der Waals surface area (Å²) in [5.41, 5.74) is 10.2. The van der Waals surface area contributed by atoms with E-state index >= 15 is 0 Å². The van der Waals surface area contributed by atoms with Crippen molar-refractivity contribution < 1.29 is 9.47 Å². The average molecular weight is 492 g/mol. The summed E-state index contributed by atoms with van der Waals surface area (Å²) in [4.78, 5) is 4.70. The minimum Gasteiger partial charge on any atom is -0.493 e. The maximum atomic E-state index is 6.33. The molecule has 36 heavy (non-hydrogen) atoms. The number of aromatic nitrogens is 1. The molecule has 1 heterocycles. The van der Waals surface area contributed by atoms with Crippen LogP contribution in [0.15, 0.2) is 48.7 Å². The van der Waals surface area contributed by atoms with E-state index in [1.807, 2.05) is 18.3 Å². The Bertz CT molecular complexity index is 1040. The van der Waals surface area contributed by atoms with Crippen molar-refractivity contribution in [2.45, 2.75) is 84.1 Å². The highest BCUT2D eigenvalue weighted by Crippen LogP contribution is 2.41. The van der Waals surface area contributed by atoms with Crippen LogP contribution in [-0.4, -0.2) is 31.3 Å². The van der Waals surface area contributed by atoms with Gasteiger partial charge in [-0.2, -0.15) is 0 Å². The van der Waals surface area contributed by atoms with Crippen LogP contribution < -0.4 is 20.5 Å². The number of rotatable bonds is 17. The van der Waals surface area contributed by atoms with Crippen molar-refractivity contribution in [3.8, 4) is 11.5 Å². The zero-order valence-electron chi connectivity index (χ0n) is 22.5. The molecule has 0 radical (unpaired) electrons. The number of pyridine rings is 1. The molecule has 3 rings (SSSR count). The molecular weight excluding hydrogens is 446 g/mol. The highest BCUT2D eigenvalue weighted by atomic mass is 16.5. The van der Waals surface area contributed by atoms with Crippen molar-refractivity contribution >= 4 is 16.6 Å². The Kier molecular flexibility index (Phi) is 11.9. The molecule has 0 fully saturated rings. The van der Waals surface area contributed by atoms with Gasteiger partial charge in [-0.1, -0.05) is 62.4 Å². The van der Waals surface area contributed by atoms with E-state index in [2.05, 4.69) is 49.5 Å². The van der Waals surface area contributed by atoms with E-state index in [1.165, 1.54) is 50.5 Å². The normalized spacial score (nSPS) is 12.0. The molecule has 0 amide bonds. The van der Waals surface area contributed by atoms with Crippen LogP contribution in [-0.2, 0) is 6.42 Å². The zero-order valence-corrected chi connectivity index (χ0v) is 22.5. The Morgan fingerprint density at radius 2 is 1.67 bits per heavy atom. The number of nitrogens with zero attached hydrogens (tertiary/aromatic N) is 1. The number of methoxy groups -OCH3 is 1. The molecule has 196 valence electrons. The number of anilines is 1.